The van der Waals surface area contributed by atoms with Gasteiger partial charge in [0, 0.05) is 12.2 Å². The van der Waals surface area contributed by atoms with Gasteiger partial charge in [0.1, 0.15) is 0 Å². The first-order valence-corrected chi connectivity index (χ1v) is 8.96. The smallest absolute Gasteiger partial charge is 0.243 e. The Morgan fingerprint density at radius 2 is 1.92 bits per heavy atom. The molecule has 4 N–H and O–H groups in total. The average molecular weight is 360 g/mol. The van der Waals surface area contributed by atoms with E-state index in [-0.39, 0.29) is 30.2 Å². The molecule has 1 aliphatic heterocycles. The summed E-state index contributed by atoms with van der Waals surface area (Å²) in [4.78, 5) is 37.8. The molecule has 0 saturated carbocycles. The highest BCUT2D eigenvalue weighted by Crippen LogP contribution is 2.19. The quantitative estimate of drug-likeness (QED) is 0.702. The molecule has 3 amide bonds. The van der Waals surface area contributed by atoms with Crippen LogP contribution in [0.2, 0.25) is 0 Å². The Hall–Kier alpha value is -2.41. The summed E-state index contributed by atoms with van der Waals surface area (Å²) in [6.45, 7) is 6.77. The van der Waals surface area contributed by atoms with Crippen LogP contribution in [-0.2, 0) is 14.4 Å². The van der Waals surface area contributed by atoms with Crippen LogP contribution in [0.5, 0.6) is 0 Å². The Balaban J connectivity index is 1.85. The molecule has 0 aliphatic carbocycles. The number of anilines is 1. The van der Waals surface area contributed by atoms with Gasteiger partial charge in [-0.1, -0.05) is 18.2 Å². The van der Waals surface area contributed by atoms with Crippen molar-refractivity contribution in [2.24, 2.45) is 11.7 Å². The van der Waals surface area contributed by atoms with Gasteiger partial charge in [-0.15, -0.1) is 0 Å². The Bertz CT molecular complexity index is 669. The number of nitrogens with zero attached hydrogens (tertiary/aromatic N) is 1. The van der Waals surface area contributed by atoms with E-state index < -0.39 is 6.04 Å². The van der Waals surface area contributed by atoms with Gasteiger partial charge in [-0.2, -0.15) is 0 Å². The van der Waals surface area contributed by atoms with E-state index in [4.69, 9.17) is 5.73 Å². The number of primary amides is 1. The summed E-state index contributed by atoms with van der Waals surface area (Å²) in [5.41, 5.74) is 8.11. The van der Waals surface area contributed by atoms with Crippen LogP contribution < -0.4 is 16.4 Å². The highest BCUT2D eigenvalue weighted by molar-refractivity contribution is 5.96. The lowest BCUT2D eigenvalue weighted by Crippen LogP contribution is -2.51. The minimum Gasteiger partial charge on any atom is -0.369 e. The van der Waals surface area contributed by atoms with E-state index in [1.165, 1.54) is 0 Å². The summed E-state index contributed by atoms with van der Waals surface area (Å²) >= 11 is 0. The van der Waals surface area contributed by atoms with Gasteiger partial charge in [0.25, 0.3) is 0 Å². The number of aryl methyl sites for hydroxylation is 2. The van der Waals surface area contributed by atoms with Crippen LogP contribution in [0.4, 0.5) is 5.69 Å². The summed E-state index contributed by atoms with van der Waals surface area (Å²) in [5, 5.41) is 5.52. The zero-order chi connectivity index (χ0) is 19.3. The average Bonchev–Trinajstić information content (AvgIpc) is 2.62. The normalized spacial score (nSPS) is 18.8. The number of piperidine rings is 1. The first-order chi connectivity index (χ1) is 12.3. The van der Waals surface area contributed by atoms with Crippen LogP contribution in [0.3, 0.4) is 0 Å². The number of amides is 3. The first kappa shape index (κ1) is 19.9. The molecular weight excluding hydrogens is 332 g/mol. The third-order valence-electron chi connectivity index (χ3n) is 4.95. The molecule has 1 aromatic carbocycles. The van der Waals surface area contributed by atoms with Crippen molar-refractivity contribution < 1.29 is 14.4 Å². The van der Waals surface area contributed by atoms with Crippen molar-refractivity contribution in [3.05, 3.63) is 29.3 Å². The van der Waals surface area contributed by atoms with E-state index in [1.54, 1.807) is 6.92 Å². The van der Waals surface area contributed by atoms with Crippen molar-refractivity contribution >= 4 is 23.4 Å². The van der Waals surface area contributed by atoms with Crippen molar-refractivity contribution in [3.63, 3.8) is 0 Å². The van der Waals surface area contributed by atoms with E-state index in [2.05, 4.69) is 10.6 Å². The number of nitrogens with two attached hydrogens (primary N) is 1. The molecule has 0 unspecified atom stereocenters. The van der Waals surface area contributed by atoms with Crippen molar-refractivity contribution in [2.75, 3.05) is 25.0 Å². The fraction of sp³-hybridized carbons (Fsp3) is 0.526. The predicted octanol–water partition coefficient (Wildman–Crippen LogP) is 0.944. The topological polar surface area (TPSA) is 105 Å². The number of nitrogens with one attached hydrogen (secondary N) is 2. The van der Waals surface area contributed by atoms with Crippen LogP contribution in [-0.4, -0.2) is 48.3 Å². The highest BCUT2D eigenvalue weighted by atomic mass is 16.2. The van der Waals surface area contributed by atoms with Crippen molar-refractivity contribution in [3.8, 4) is 0 Å². The molecule has 1 aliphatic rings. The second-order valence-electron chi connectivity index (χ2n) is 6.95. The summed E-state index contributed by atoms with van der Waals surface area (Å²) < 4.78 is 0. The number of rotatable bonds is 6. The summed E-state index contributed by atoms with van der Waals surface area (Å²) in [5.74, 6) is -1.04. The fourth-order valence-corrected chi connectivity index (χ4v) is 3.27. The van der Waals surface area contributed by atoms with Crippen LogP contribution in [0.15, 0.2) is 18.2 Å². The van der Waals surface area contributed by atoms with E-state index in [0.29, 0.717) is 6.54 Å². The number of benzene rings is 1. The monoisotopic (exact) mass is 360 g/mol. The van der Waals surface area contributed by atoms with E-state index in [0.717, 1.165) is 36.2 Å². The molecule has 7 nitrogen and oxygen atoms in total. The minimum absolute atomic E-state index is 0.0932. The van der Waals surface area contributed by atoms with E-state index in [1.807, 2.05) is 36.9 Å². The molecule has 26 heavy (non-hydrogen) atoms. The molecule has 1 aromatic rings. The number of carbonyl (C=O) groups is 3. The number of para-hydroxylation sites is 1. The summed E-state index contributed by atoms with van der Waals surface area (Å²) in [6.07, 6.45) is 1.59. The first-order valence-electron chi connectivity index (χ1n) is 8.96. The number of carbonyl (C=O) groups excluding carboxylic acids is 3. The van der Waals surface area contributed by atoms with Crippen LogP contribution in [0.1, 0.15) is 30.9 Å². The molecule has 0 spiro atoms. The molecular formula is C19H28N4O3. The van der Waals surface area contributed by atoms with E-state index in [9.17, 15) is 14.4 Å². The second-order valence-corrected chi connectivity index (χ2v) is 6.95. The maximum atomic E-state index is 12.4. The third-order valence-corrected chi connectivity index (χ3v) is 4.95. The molecule has 2 atom stereocenters. The number of hydrogen-bond donors (Lipinski definition) is 3. The van der Waals surface area contributed by atoms with Gasteiger partial charge in [-0.25, -0.2) is 0 Å². The van der Waals surface area contributed by atoms with Gasteiger partial charge in [-0.05, 0) is 51.3 Å². The Morgan fingerprint density at radius 1 is 1.27 bits per heavy atom. The SMILES string of the molecule is Cc1cccc(C)c1NC(=O)CNC(=O)[C@H](C)N1CCC[C@H](C(N)=O)C1. The molecule has 7 heteroatoms. The van der Waals surface area contributed by atoms with E-state index >= 15 is 0 Å². The summed E-state index contributed by atoms with van der Waals surface area (Å²) in [6, 6.07) is 5.37. The second kappa shape index (κ2) is 8.80. The lowest BCUT2D eigenvalue weighted by molar-refractivity contribution is -0.130. The van der Waals surface area contributed by atoms with Gasteiger partial charge < -0.3 is 16.4 Å². The predicted molar refractivity (Wildman–Crippen MR) is 101 cm³/mol. The van der Waals surface area contributed by atoms with Crippen molar-refractivity contribution in [1.29, 1.82) is 0 Å². The molecule has 142 valence electrons. The van der Waals surface area contributed by atoms with Gasteiger partial charge >= 0.3 is 0 Å². The lowest BCUT2D eigenvalue weighted by atomic mass is 9.96. The summed E-state index contributed by atoms with van der Waals surface area (Å²) in [7, 11) is 0. The molecule has 0 aromatic heterocycles. The molecule has 1 fully saturated rings. The Labute approximate surface area is 154 Å². The number of hydrogen-bond acceptors (Lipinski definition) is 4. The third kappa shape index (κ3) is 5.05. The zero-order valence-electron chi connectivity index (χ0n) is 15.7. The molecule has 2 rings (SSSR count). The standard InChI is InChI=1S/C19H28N4O3/c1-12-6-4-7-13(2)17(12)22-16(24)10-21-19(26)14(3)23-9-5-8-15(11-23)18(20)25/h4,6-7,14-15H,5,8-11H2,1-3H3,(H2,20,25)(H,21,26)(H,22,24)/t14-,15-/m0/s1. The van der Waals surface area contributed by atoms with Crippen molar-refractivity contribution in [2.45, 2.75) is 39.7 Å². The Morgan fingerprint density at radius 3 is 2.54 bits per heavy atom. The van der Waals surface area contributed by atoms with Gasteiger partial charge in [0.2, 0.25) is 17.7 Å². The Kier molecular flexibility index (Phi) is 6.74. The minimum atomic E-state index is -0.412. The van der Waals surface area contributed by atoms with Gasteiger partial charge in [-0.3, -0.25) is 19.3 Å². The van der Waals surface area contributed by atoms with Crippen LogP contribution in [0, 0.1) is 19.8 Å². The van der Waals surface area contributed by atoms with Crippen LogP contribution in [0.25, 0.3) is 0 Å². The highest BCUT2D eigenvalue weighted by Gasteiger charge is 2.29. The van der Waals surface area contributed by atoms with Crippen molar-refractivity contribution in [1.82, 2.24) is 10.2 Å². The fourth-order valence-electron chi connectivity index (χ4n) is 3.27. The maximum absolute atomic E-state index is 12.4. The largest absolute Gasteiger partial charge is 0.369 e. The van der Waals surface area contributed by atoms with Crippen LogP contribution >= 0.6 is 0 Å². The maximum Gasteiger partial charge on any atom is 0.243 e. The molecule has 1 saturated heterocycles. The zero-order valence-corrected chi connectivity index (χ0v) is 15.7. The number of likely N-dealkylation sites (tertiary alicyclic amines) is 1. The molecule has 0 radical (unpaired) electrons. The molecule has 1 heterocycles. The van der Waals surface area contributed by atoms with Gasteiger partial charge in [0.05, 0.1) is 18.5 Å². The molecule has 0 bridgehead atoms. The van der Waals surface area contributed by atoms with Gasteiger partial charge in [0.15, 0.2) is 0 Å². The lowest BCUT2D eigenvalue weighted by Gasteiger charge is -2.34.